The average molecular weight is 207 g/mol. The number of nitrogens with zero attached hydrogens (tertiary/aromatic N) is 1. The van der Waals surface area contributed by atoms with Crippen molar-refractivity contribution >= 4 is 12.4 Å². The molecule has 0 aliphatic carbocycles. The minimum absolute atomic E-state index is 0. The summed E-state index contributed by atoms with van der Waals surface area (Å²) in [6.07, 6.45) is 1.26. The number of hydrogen-bond donors (Lipinski definition) is 1. The molecule has 2 heterocycles. The minimum Gasteiger partial charge on any atom is -0.359 e. The Labute approximate surface area is 86.2 Å². The highest BCUT2D eigenvalue weighted by atomic mass is 35.5. The van der Waals surface area contributed by atoms with Crippen molar-refractivity contribution in [3.8, 4) is 0 Å². The molecule has 0 aromatic carbocycles. The van der Waals surface area contributed by atoms with Crippen LogP contribution in [0, 0.1) is 5.92 Å². The largest absolute Gasteiger partial charge is 0.359 e. The molecule has 0 aromatic heterocycles. The lowest BCUT2D eigenvalue weighted by molar-refractivity contribution is -0.0389. The van der Waals surface area contributed by atoms with Crippen LogP contribution in [0.4, 0.5) is 0 Å². The van der Waals surface area contributed by atoms with Crippen molar-refractivity contribution in [2.24, 2.45) is 5.92 Å². The highest BCUT2D eigenvalue weighted by Crippen LogP contribution is 2.29. The third-order valence-electron chi connectivity index (χ3n) is 3.15. The predicted molar refractivity (Wildman–Crippen MR) is 55.2 cm³/mol. The summed E-state index contributed by atoms with van der Waals surface area (Å²) in [5, 5.41) is 3.45. The second-order valence-electron chi connectivity index (χ2n) is 4.13. The maximum absolute atomic E-state index is 5.73. The molecule has 2 rings (SSSR count). The number of halogens is 1. The van der Waals surface area contributed by atoms with Crippen LogP contribution in [0.15, 0.2) is 0 Å². The lowest BCUT2D eigenvalue weighted by atomic mass is 9.97. The van der Waals surface area contributed by atoms with E-state index < -0.39 is 0 Å². The standard InChI is InChI=1S/C9H18N2O.ClH/c1-9(10-4-6-12-9)8-3-5-11(2)7-8;/h8,10H,3-7H2,1-2H3;1H. The number of nitrogens with one attached hydrogen (secondary N) is 1. The van der Waals surface area contributed by atoms with E-state index in [1.54, 1.807) is 0 Å². The van der Waals surface area contributed by atoms with Crippen LogP contribution in [0.25, 0.3) is 0 Å². The Morgan fingerprint density at radius 1 is 1.54 bits per heavy atom. The quantitative estimate of drug-likeness (QED) is 0.684. The fraction of sp³-hybridized carbons (Fsp3) is 1.00. The summed E-state index contributed by atoms with van der Waals surface area (Å²) in [7, 11) is 2.18. The topological polar surface area (TPSA) is 24.5 Å². The first-order valence-electron chi connectivity index (χ1n) is 4.78. The molecular formula is C9H19ClN2O. The SMILES string of the molecule is CN1CCC(C2(C)NCCO2)C1.Cl. The Morgan fingerprint density at radius 3 is 2.77 bits per heavy atom. The Hall–Kier alpha value is 0.170. The van der Waals surface area contributed by atoms with Gasteiger partial charge in [0.05, 0.1) is 6.61 Å². The summed E-state index contributed by atoms with van der Waals surface area (Å²) in [5.74, 6) is 0.671. The molecule has 0 radical (unpaired) electrons. The first kappa shape index (κ1) is 11.2. The average Bonchev–Trinajstić information content (AvgIpc) is 2.59. The maximum Gasteiger partial charge on any atom is 0.120 e. The molecule has 0 saturated carbocycles. The van der Waals surface area contributed by atoms with Crippen molar-refractivity contribution in [1.82, 2.24) is 10.2 Å². The molecule has 4 heteroatoms. The van der Waals surface area contributed by atoms with Gasteiger partial charge in [0.15, 0.2) is 0 Å². The molecule has 1 N–H and O–H groups in total. The van der Waals surface area contributed by atoms with Crippen molar-refractivity contribution < 1.29 is 4.74 Å². The number of likely N-dealkylation sites (tertiary alicyclic amines) is 1. The Kier molecular flexibility index (Phi) is 3.57. The second kappa shape index (κ2) is 4.13. The molecule has 0 aromatic rings. The zero-order valence-corrected chi connectivity index (χ0v) is 9.19. The van der Waals surface area contributed by atoms with Crippen LogP contribution in [-0.4, -0.2) is 43.9 Å². The molecule has 0 bridgehead atoms. The number of ether oxygens (including phenoxy) is 1. The fourth-order valence-corrected chi connectivity index (χ4v) is 2.26. The summed E-state index contributed by atoms with van der Waals surface area (Å²) in [4.78, 5) is 2.37. The molecular weight excluding hydrogens is 188 g/mol. The van der Waals surface area contributed by atoms with Gasteiger partial charge in [-0.05, 0) is 26.9 Å². The van der Waals surface area contributed by atoms with Crippen molar-refractivity contribution in [2.75, 3.05) is 33.3 Å². The van der Waals surface area contributed by atoms with Crippen molar-refractivity contribution in [3.63, 3.8) is 0 Å². The molecule has 2 atom stereocenters. The summed E-state index contributed by atoms with van der Waals surface area (Å²) in [6, 6.07) is 0. The highest BCUT2D eigenvalue weighted by Gasteiger charge is 2.40. The van der Waals surface area contributed by atoms with Crippen LogP contribution in [-0.2, 0) is 4.74 Å². The Morgan fingerprint density at radius 2 is 2.31 bits per heavy atom. The highest BCUT2D eigenvalue weighted by molar-refractivity contribution is 5.85. The van der Waals surface area contributed by atoms with Gasteiger partial charge in [0, 0.05) is 19.0 Å². The molecule has 78 valence electrons. The van der Waals surface area contributed by atoms with E-state index in [1.807, 2.05) is 0 Å². The zero-order chi connectivity index (χ0) is 8.60. The van der Waals surface area contributed by atoms with E-state index in [0.717, 1.165) is 13.2 Å². The van der Waals surface area contributed by atoms with Gasteiger partial charge in [-0.15, -0.1) is 12.4 Å². The molecule has 2 aliphatic heterocycles. The molecule has 2 fully saturated rings. The molecule has 2 aliphatic rings. The van der Waals surface area contributed by atoms with E-state index in [2.05, 4.69) is 24.2 Å². The van der Waals surface area contributed by atoms with Crippen LogP contribution in [0.3, 0.4) is 0 Å². The Bertz CT molecular complexity index is 171. The lowest BCUT2D eigenvalue weighted by Crippen LogP contribution is -2.46. The van der Waals surface area contributed by atoms with E-state index in [0.29, 0.717) is 5.92 Å². The summed E-state index contributed by atoms with van der Waals surface area (Å²) in [5.41, 5.74) is -0.0369. The van der Waals surface area contributed by atoms with Gasteiger partial charge in [-0.3, -0.25) is 5.32 Å². The summed E-state index contributed by atoms with van der Waals surface area (Å²) in [6.45, 7) is 6.45. The minimum atomic E-state index is -0.0369. The van der Waals surface area contributed by atoms with Crippen molar-refractivity contribution in [1.29, 1.82) is 0 Å². The number of hydrogen-bond acceptors (Lipinski definition) is 3. The maximum atomic E-state index is 5.73. The van der Waals surface area contributed by atoms with E-state index in [9.17, 15) is 0 Å². The molecule has 3 nitrogen and oxygen atoms in total. The van der Waals surface area contributed by atoms with Crippen molar-refractivity contribution in [3.05, 3.63) is 0 Å². The van der Waals surface area contributed by atoms with Gasteiger partial charge >= 0.3 is 0 Å². The van der Waals surface area contributed by atoms with E-state index >= 15 is 0 Å². The van der Waals surface area contributed by atoms with Crippen LogP contribution >= 0.6 is 12.4 Å². The zero-order valence-electron chi connectivity index (χ0n) is 8.38. The van der Waals surface area contributed by atoms with Crippen LogP contribution < -0.4 is 5.32 Å². The first-order chi connectivity index (χ1) is 5.71. The molecule has 13 heavy (non-hydrogen) atoms. The van der Waals surface area contributed by atoms with Crippen LogP contribution in [0.2, 0.25) is 0 Å². The first-order valence-corrected chi connectivity index (χ1v) is 4.78. The molecule has 0 spiro atoms. The van der Waals surface area contributed by atoms with Gasteiger partial charge in [0.25, 0.3) is 0 Å². The van der Waals surface area contributed by atoms with Gasteiger partial charge in [-0.2, -0.15) is 0 Å². The smallest absolute Gasteiger partial charge is 0.120 e. The van der Waals surface area contributed by atoms with Gasteiger partial charge < -0.3 is 9.64 Å². The normalized spacial score (nSPS) is 40.6. The summed E-state index contributed by atoms with van der Waals surface area (Å²) >= 11 is 0. The van der Waals surface area contributed by atoms with Gasteiger partial charge in [0.2, 0.25) is 0 Å². The van der Waals surface area contributed by atoms with E-state index in [1.165, 1.54) is 19.5 Å². The monoisotopic (exact) mass is 206 g/mol. The molecule has 2 unspecified atom stereocenters. The molecule has 2 saturated heterocycles. The Balaban J connectivity index is 0.000000845. The third kappa shape index (κ3) is 2.15. The van der Waals surface area contributed by atoms with Crippen molar-refractivity contribution in [2.45, 2.75) is 19.1 Å². The predicted octanol–water partition coefficient (Wildman–Crippen LogP) is 0.696. The number of rotatable bonds is 1. The van der Waals surface area contributed by atoms with Gasteiger partial charge in [-0.25, -0.2) is 0 Å². The lowest BCUT2D eigenvalue weighted by Gasteiger charge is -2.30. The van der Waals surface area contributed by atoms with E-state index in [-0.39, 0.29) is 18.1 Å². The van der Waals surface area contributed by atoms with Gasteiger partial charge in [-0.1, -0.05) is 0 Å². The third-order valence-corrected chi connectivity index (χ3v) is 3.15. The summed E-state index contributed by atoms with van der Waals surface area (Å²) < 4.78 is 5.73. The van der Waals surface area contributed by atoms with Crippen LogP contribution in [0.1, 0.15) is 13.3 Å². The second-order valence-corrected chi connectivity index (χ2v) is 4.13. The fourth-order valence-electron chi connectivity index (χ4n) is 2.26. The van der Waals surface area contributed by atoms with E-state index in [4.69, 9.17) is 4.74 Å². The van der Waals surface area contributed by atoms with Gasteiger partial charge in [0.1, 0.15) is 5.72 Å². The molecule has 0 amide bonds. The van der Waals surface area contributed by atoms with Crippen LogP contribution in [0.5, 0.6) is 0 Å².